The molecule has 0 aliphatic rings. The molecule has 0 saturated carbocycles. The first-order valence-corrected chi connectivity index (χ1v) is 10.2. The molecular weight excluding hydrogens is 424 g/mol. The monoisotopic (exact) mass is 442 g/mol. The Hall–Kier alpha value is -3.16. The average Bonchev–Trinajstić information content (AvgIpc) is 3.17. The van der Waals surface area contributed by atoms with E-state index in [1.54, 1.807) is 17.4 Å². The van der Waals surface area contributed by atoms with Gasteiger partial charge in [-0.25, -0.2) is 9.78 Å². The third-order valence-electron chi connectivity index (χ3n) is 3.98. The molecule has 3 aromatic rings. The number of esters is 1. The zero-order valence-corrected chi connectivity index (χ0v) is 17.9. The van der Waals surface area contributed by atoms with Gasteiger partial charge in [-0.15, -0.1) is 11.3 Å². The highest BCUT2D eigenvalue weighted by molar-refractivity contribution is 7.09. The van der Waals surface area contributed by atoms with Crippen molar-refractivity contribution in [3.63, 3.8) is 0 Å². The van der Waals surface area contributed by atoms with Gasteiger partial charge in [-0.3, -0.25) is 4.79 Å². The molecular formula is C22H19ClN2O4S. The number of amides is 1. The number of carbonyl (C=O) groups is 2. The molecule has 1 N–H and O–H groups in total. The van der Waals surface area contributed by atoms with E-state index in [9.17, 15) is 9.59 Å². The summed E-state index contributed by atoms with van der Waals surface area (Å²) in [6.45, 7) is 2.33. The number of nitrogens with zero attached hydrogens (tertiary/aromatic N) is 1. The molecule has 0 spiro atoms. The fourth-order valence-corrected chi connectivity index (χ4v) is 3.31. The Kier molecular flexibility index (Phi) is 7.21. The summed E-state index contributed by atoms with van der Waals surface area (Å²) in [5, 5.41) is 5.93. The number of hydrogen-bond acceptors (Lipinski definition) is 6. The van der Waals surface area contributed by atoms with Gasteiger partial charge < -0.3 is 14.8 Å². The second-order valence-electron chi connectivity index (χ2n) is 6.23. The van der Waals surface area contributed by atoms with Gasteiger partial charge in [0.25, 0.3) is 0 Å². The zero-order chi connectivity index (χ0) is 21.5. The fraction of sp³-hybridized carbons (Fsp3) is 0.136. The molecule has 0 radical (unpaired) electrons. The summed E-state index contributed by atoms with van der Waals surface area (Å²) in [5.41, 5.74) is 2.29. The molecule has 0 atom stereocenters. The Balaban J connectivity index is 1.63. The van der Waals surface area contributed by atoms with Crippen LogP contribution in [0, 0.1) is 6.92 Å². The Labute approximate surface area is 183 Å². The number of rotatable bonds is 7. The van der Waals surface area contributed by atoms with Crippen molar-refractivity contribution >= 4 is 46.6 Å². The number of aromatic nitrogens is 1. The van der Waals surface area contributed by atoms with Crippen molar-refractivity contribution in [1.29, 1.82) is 0 Å². The summed E-state index contributed by atoms with van der Waals surface area (Å²) in [4.78, 5) is 28.3. The van der Waals surface area contributed by atoms with Crippen LogP contribution in [0.2, 0.25) is 5.02 Å². The third-order valence-corrected chi connectivity index (χ3v) is 5.14. The Morgan fingerprint density at radius 1 is 1.23 bits per heavy atom. The molecule has 0 bridgehead atoms. The van der Waals surface area contributed by atoms with Gasteiger partial charge in [0.2, 0.25) is 5.91 Å². The second kappa shape index (κ2) is 10.0. The third kappa shape index (κ3) is 5.92. The normalized spacial score (nSPS) is 10.8. The van der Waals surface area contributed by atoms with E-state index < -0.39 is 5.97 Å². The van der Waals surface area contributed by atoms with Crippen LogP contribution in [0.15, 0.2) is 53.9 Å². The number of hydrogen-bond donors (Lipinski definition) is 1. The van der Waals surface area contributed by atoms with Gasteiger partial charge in [0.05, 0.1) is 34.1 Å². The molecule has 30 heavy (non-hydrogen) atoms. The SMILES string of the molecule is COC(=O)c1ccc(Cl)c(NC(=O)/C=C/c2cccc(OCc3csc(C)n3)c2)c1. The number of nitrogens with one attached hydrogen (secondary N) is 1. The molecule has 0 aliphatic heterocycles. The van der Waals surface area contributed by atoms with Crippen LogP contribution >= 0.6 is 22.9 Å². The van der Waals surface area contributed by atoms with Gasteiger partial charge in [0.1, 0.15) is 12.4 Å². The van der Waals surface area contributed by atoms with E-state index in [4.69, 9.17) is 16.3 Å². The van der Waals surface area contributed by atoms with Crippen molar-refractivity contribution in [2.24, 2.45) is 0 Å². The lowest BCUT2D eigenvalue weighted by Crippen LogP contribution is -2.09. The van der Waals surface area contributed by atoms with Crippen molar-refractivity contribution < 1.29 is 19.1 Å². The predicted octanol–water partition coefficient (Wildman–Crippen LogP) is 5.12. The van der Waals surface area contributed by atoms with Gasteiger partial charge >= 0.3 is 5.97 Å². The van der Waals surface area contributed by atoms with Gasteiger partial charge in [0, 0.05) is 11.5 Å². The van der Waals surface area contributed by atoms with Crippen molar-refractivity contribution in [2.45, 2.75) is 13.5 Å². The van der Waals surface area contributed by atoms with E-state index in [2.05, 4.69) is 15.0 Å². The summed E-state index contributed by atoms with van der Waals surface area (Å²) in [6.07, 6.45) is 3.04. The first-order valence-electron chi connectivity index (χ1n) is 8.95. The number of aryl methyl sites for hydroxylation is 1. The quantitative estimate of drug-likeness (QED) is 0.405. The molecule has 2 aromatic carbocycles. The van der Waals surface area contributed by atoms with Gasteiger partial charge in [-0.2, -0.15) is 0 Å². The molecule has 1 amide bonds. The Morgan fingerprint density at radius 3 is 2.80 bits per heavy atom. The standard InChI is InChI=1S/C22H19ClN2O4S/c1-14-24-17(13-30-14)12-29-18-5-3-4-15(10-18)6-9-21(26)25-20-11-16(22(27)28-2)7-8-19(20)23/h3-11,13H,12H2,1-2H3,(H,25,26)/b9-6+. The molecule has 0 unspecified atom stereocenters. The van der Waals surface area contributed by atoms with E-state index >= 15 is 0 Å². The molecule has 0 fully saturated rings. The number of ether oxygens (including phenoxy) is 2. The molecule has 6 nitrogen and oxygen atoms in total. The van der Waals surface area contributed by atoms with E-state index in [0.29, 0.717) is 28.6 Å². The first-order chi connectivity index (χ1) is 14.4. The van der Waals surface area contributed by atoms with Crippen LogP contribution in [-0.2, 0) is 16.1 Å². The second-order valence-corrected chi connectivity index (χ2v) is 7.70. The van der Waals surface area contributed by atoms with Crippen LogP contribution in [-0.4, -0.2) is 24.0 Å². The highest BCUT2D eigenvalue weighted by Crippen LogP contribution is 2.24. The minimum absolute atomic E-state index is 0.293. The largest absolute Gasteiger partial charge is 0.487 e. The van der Waals surface area contributed by atoms with E-state index in [1.807, 2.05) is 36.6 Å². The molecule has 1 aromatic heterocycles. The van der Waals surface area contributed by atoms with Crippen LogP contribution in [0.25, 0.3) is 6.08 Å². The van der Waals surface area contributed by atoms with Gasteiger partial charge in [0.15, 0.2) is 0 Å². The molecule has 154 valence electrons. The molecule has 1 heterocycles. The van der Waals surface area contributed by atoms with Gasteiger partial charge in [-0.1, -0.05) is 23.7 Å². The Bertz CT molecular complexity index is 1090. The van der Waals surface area contributed by atoms with Crippen LogP contribution in [0.4, 0.5) is 5.69 Å². The number of benzene rings is 2. The van der Waals surface area contributed by atoms with Crippen molar-refractivity contribution in [2.75, 3.05) is 12.4 Å². The van der Waals surface area contributed by atoms with Crippen LogP contribution in [0.3, 0.4) is 0 Å². The van der Waals surface area contributed by atoms with E-state index in [0.717, 1.165) is 16.3 Å². The predicted molar refractivity (Wildman–Crippen MR) is 118 cm³/mol. The minimum Gasteiger partial charge on any atom is -0.487 e. The number of carbonyl (C=O) groups excluding carboxylic acids is 2. The summed E-state index contributed by atoms with van der Waals surface area (Å²) in [7, 11) is 1.29. The first kappa shape index (κ1) is 21.5. The lowest BCUT2D eigenvalue weighted by molar-refractivity contribution is -0.111. The maximum Gasteiger partial charge on any atom is 0.337 e. The van der Waals surface area contributed by atoms with E-state index in [1.165, 1.54) is 31.4 Å². The van der Waals surface area contributed by atoms with Crippen LogP contribution in [0.1, 0.15) is 26.6 Å². The number of halogens is 1. The molecule has 0 aliphatic carbocycles. The maximum atomic E-state index is 12.3. The Morgan fingerprint density at radius 2 is 2.07 bits per heavy atom. The molecule has 3 rings (SSSR count). The molecule has 0 saturated heterocycles. The van der Waals surface area contributed by atoms with Crippen LogP contribution in [0.5, 0.6) is 5.75 Å². The van der Waals surface area contributed by atoms with Crippen LogP contribution < -0.4 is 10.1 Å². The average molecular weight is 443 g/mol. The van der Waals surface area contributed by atoms with Crippen molar-refractivity contribution in [1.82, 2.24) is 4.98 Å². The summed E-state index contributed by atoms with van der Waals surface area (Å²) < 4.78 is 10.4. The maximum absolute atomic E-state index is 12.3. The molecule has 8 heteroatoms. The lowest BCUT2D eigenvalue weighted by Gasteiger charge is -2.07. The van der Waals surface area contributed by atoms with Crippen molar-refractivity contribution in [3.05, 3.63) is 80.8 Å². The minimum atomic E-state index is -0.512. The number of thiazole rings is 1. The summed E-state index contributed by atoms with van der Waals surface area (Å²) in [6, 6.07) is 11.9. The number of anilines is 1. The highest BCUT2D eigenvalue weighted by atomic mass is 35.5. The number of methoxy groups -OCH3 is 1. The smallest absolute Gasteiger partial charge is 0.337 e. The zero-order valence-electron chi connectivity index (χ0n) is 16.3. The van der Waals surface area contributed by atoms with Gasteiger partial charge in [-0.05, 0) is 48.9 Å². The topological polar surface area (TPSA) is 77.5 Å². The summed E-state index contributed by atoms with van der Waals surface area (Å²) in [5.74, 6) is -0.220. The summed E-state index contributed by atoms with van der Waals surface area (Å²) >= 11 is 7.68. The fourth-order valence-electron chi connectivity index (χ4n) is 2.55. The lowest BCUT2D eigenvalue weighted by atomic mass is 10.2. The van der Waals surface area contributed by atoms with Crippen molar-refractivity contribution in [3.8, 4) is 5.75 Å². The van der Waals surface area contributed by atoms with E-state index in [-0.39, 0.29) is 5.91 Å². The highest BCUT2D eigenvalue weighted by Gasteiger charge is 2.10.